The van der Waals surface area contributed by atoms with Crippen molar-refractivity contribution in [2.45, 2.75) is 6.92 Å². The van der Waals surface area contributed by atoms with Gasteiger partial charge in [-0.25, -0.2) is 17.2 Å². The normalized spacial score (nSPS) is 12.5. The maximum Gasteiger partial charge on any atom is 0.233 e. The van der Waals surface area contributed by atoms with Gasteiger partial charge in [-0.1, -0.05) is 25.1 Å². The summed E-state index contributed by atoms with van der Waals surface area (Å²) in [5.74, 6) is -3.61. The molecule has 0 aromatic heterocycles. The first-order valence-electron chi connectivity index (χ1n) is 7.48. The SMILES string of the molecule is CC(CS(=O)(=O)Nc1ccc(F)cc1F)C(=O)N(C)c1ccccc1. The Morgan fingerprint density at radius 1 is 1.16 bits per heavy atom. The second-order valence-electron chi connectivity index (χ2n) is 5.64. The van der Waals surface area contributed by atoms with Gasteiger partial charge in [-0.15, -0.1) is 0 Å². The summed E-state index contributed by atoms with van der Waals surface area (Å²) in [6.07, 6.45) is 0. The third kappa shape index (κ3) is 4.99. The molecule has 0 aliphatic carbocycles. The summed E-state index contributed by atoms with van der Waals surface area (Å²) >= 11 is 0. The van der Waals surface area contributed by atoms with Gasteiger partial charge in [0.05, 0.1) is 17.4 Å². The summed E-state index contributed by atoms with van der Waals surface area (Å²) in [4.78, 5) is 13.8. The first-order chi connectivity index (χ1) is 11.7. The van der Waals surface area contributed by atoms with E-state index in [1.54, 1.807) is 37.4 Å². The summed E-state index contributed by atoms with van der Waals surface area (Å²) in [6, 6.07) is 11.3. The number of sulfonamides is 1. The van der Waals surface area contributed by atoms with Crippen molar-refractivity contribution >= 4 is 27.3 Å². The Morgan fingerprint density at radius 2 is 1.80 bits per heavy atom. The number of benzene rings is 2. The van der Waals surface area contributed by atoms with E-state index in [9.17, 15) is 22.0 Å². The minimum Gasteiger partial charge on any atom is -0.315 e. The fraction of sp³-hybridized carbons (Fsp3) is 0.235. The van der Waals surface area contributed by atoms with Crippen LogP contribution in [-0.2, 0) is 14.8 Å². The number of nitrogens with zero attached hydrogens (tertiary/aromatic N) is 1. The van der Waals surface area contributed by atoms with Crippen molar-refractivity contribution in [3.63, 3.8) is 0 Å². The summed E-state index contributed by atoms with van der Waals surface area (Å²) in [5.41, 5.74) is 0.270. The van der Waals surface area contributed by atoms with Crippen LogP contribution in [-0.4, -0.2) is 27.1 Å². The molecule has 1 amide bonds. The number of carbonyl (C=O) groups excluding carboxylic acids is 1. The number of anilines is 2. The van der Waals surface area contributed by atoms with Crippen molar-refractivity contribution in [3.05, 3.63) is 60.2 Å². The van der Waals surface area contributed by atoms with Crippen molar-refractivity contribution in [1.82, 2.24) is 0 Å². The molecule has 0 radical (unpaired) electrons. The zero-order valence-corrected chi connectivity index (χ0v) is 14.6. The maximum absolute atomic E-state index is 13.6. The Hall–Kier alpha value is -2.48. The number of nitrogens with one attached hydrogen (secondary N) is 1. The molecule has 134 valence electrons. The van der Waals surface area contributed by atoms with Crippen molar-refractivity contribution in [2.24, 2.45) is 5.92 Å². The van der Waals surface area contributed by atoms with Crippen LogP contribution in [0.25, 0.3) is 0 Å². The second kappa shape index (κ2) is 7.60. The molecule has 0 aliphatic heterocycles. The van der Waals surface area contributed by atoms with E-state index < -0.39 is 39.2 Å². The fourth-order valence-corrected chi connectivity index (χ4v) is 3.68. The Morgan fingerprint density at radius 3 is 2.40 bits per heavy atom. The van der Waals surface area contributed by atoms with Gasteiger partial charge in [-0.3, -0.25) is 9.52 Å². The van der Waals surface area contributed by atoms with Gasteiger partial charge in [-0.2, -0.15) is 0 Å². The fourth-order valence-electron chi connectivity index (χ4n) is 2.29. The topological polar surface area (TPSA) is 66.5 Å². The van der Waals surface area contributed by atoms with Crippen LogP contribution in [0.4, 0.5) is 20.2 Å². The zero-order chi connectivity index (χ0) is 18.6. The van der Waals surface area contributed by atoms with E-state index in [4.69, 9.17) is 0 Å². The molecule has 0 fully saturated rings. The molecular formula is C17H18F2N2O3S. The van der Waals surface area contributed by atoms with E-state index in [-0.39, 0.29) is 5.69 Å². The molecule has 0 heterocycles. The Bertz CT molecular complexity index is 857. The van der Waals surface area contributed by atoms with Crippen LogP contribution in [0.15, 0.2) is 48.5 Å². The molecule has 2 aromatic rings. The zero-order valence-electron chi connectivity index (χ0n) is 13.7. The number of hydrogen-bond donors (Lipinski definition) is 1. The van der Waals surface area contributed by atoms with Crippen molar-refractivity contribution in [3.8, 4) is 0 Å². The first-order valence-corrected chi connectivity index (χ1v) is 9.13. The van der Waals surface area contributed by atoms with Crippen molar-refractivity contribution in [1.29, 1.82) is 0 Å². The van der Waals surface area contributed by atoms with E-state index in [2.05, 4.69) is 0 Å². The van der Waals surface area contributed by atoms with Crippen LogP contribution in [0.3, 0.4) is 0 Å². The lowest BCUT2D eigenvalue weighted by atomic mass is 10.2. The highest BCUT2D eigenvalue weighted by atomic mass is 32.2. The van der Waals surface area contributed by atoms with Gasteiger partial charge in [0, 0.05) is 18.8 Å². The molecule has 1 N–H and O–H groups in total. The number of carbonyl (C=O) groups is 1. The molecule has 0 spiro atoms. The molecule has 1 unspecified atom stereocenters. The van der Waals surface area contributed by atoms with E-state index in [1.165, 1.54) is 11.8 Å². The molecule has 0 bridgehead atoms. The largest absolute Gasteiger partial charge is 0.315 e. The average Bonchev–Trinajstić information content (AvgIpc) is 2.56. The summed E-state index contributed by atoms with van der Waals surface area (Å²) in [5, 5.41) is 0. The monoisotopic (exact) mass is 368 g/mol. The minimum atomic E-state index is -3.99. The predicted molar refractivity (Wildman–Crippen MR) is 92.8 cm³/mol. The van der Waals surface area contributed by atoms with Crippen molar-refractivity contribution < 1.29 is 22.0 Å². The molecule has 0 aliphatic rings. The van der Waals surface area contributed by atoms with E-state index in [1.807, 2.05) is 4.72 Å². The second-order valence-corrected chi connectivity index (χ2v) is 7.41. The summed E-state index contributed by atoms with van der Waals surface area (Å²) < 4.78 is 52.8. The average molecular weight is 368 g/mol. The molecule has 5 nitrogen and oxygen atoms in total. The van der Waals surface area contributed by atoms with Gasteiger partial charge in [0.25, 0.3) is 0 Å². The summed E-state index contributed by atoms with van der Waals surface area (Å²) in [7, 11) is -2.44. The third-order valence-corrected chi connectivity index (χ3v) is 5.03. The Labute approximate surface area is 145 Å². The van der Waals surface area contributed by atoms with Gasteiger partial charge in [0.1, 0.15) is 11.6 Å². The molecule has 25 heavy (non-hydrogen) atoms. The predicted octanol–water partition coefficient (Wildman–Crippen LogP) is 3.01. The number of hydrogen-bond acceptors (Lipinski definition) is 3. The lowest BCUT2D eigenvalue weighted by molar-refractivity contribution is -0.121. The standard InChI is InChI=1S/C17H18F2N2O3S/c1-12(17(22)21(2)14-6-4-3-5-7-14)11-25(23,24)20-16-9-8-13(18)10-15(16)19/h3-10,12,20H,11H2,1-2H3. The van der Waals surface area contributed by atoms with Crippen LogP contribution in [0.1, 0.15) is 6.92 Å². The van der Waals surface area contributed by atoms with Gasteiger partial charge in [-0.05, 0) is 24.3 Å². The van der Waals surface area contributed by atoms with Gasteiger partial charge in [0.15, 0.2) is 0 Å². The smallest absolute Gasteiger partial charge is 0.233 e. The lowest BCUT2D eigenvalue weighted by Gasteiger charge is -2.21. The quantitative estimate of drug-likeness (QED) is 0.852. The van der Waals surface area contributed by atoms with Crippen LogP contribution < -0.4 is 9.62 Å². The van der Waals surface area contributed by atoms with E-state index in [0.29, 0.717) is 11.8 Å². The maximum atomic E-state index is 13.6. The lowest BCUT2D eigenvalue weighted by Crippen LogP contribution is -2.36. The molecule has 2 aromatic carbocycles. The molecule has 2 rings (SSSR count). The number of rotatable bonds is 6. The van der Waals surface area contributed by atoms with Crippen molar-refractivity contribution in [2.75, 3.05) is 22.4 Å². The van der Waals surface area contributed by atoms with Gasteiger partial charge >= 0.3 is 0 Å². The molecule has 8 heteroatoms. The number of halogens is 2. The summed E-state index contributed by atoms with van der Waals surface area (Å²) in [6.45, 7) is 1.47. The Kier molecular flexibility index (Phi) is 5.73. The van der Waals surface area contributed by atoms with Gasteiger partial charge < -0.3 is 4.90 Å². The van der Waals surface area contributed by atoms with E-state index in [0.717, 1.165) is 12.1 Å². The number of para-hydroxylation sites is 1. The number of amides is 1. The molecular weight excluding hydrogens is 350 g/mol. The highest BCUT2D eigenvalue weighted by molar-refractivity contribution is 7.92. The van der Waals surface area contributed by atoms with Crippen LogP contribution in [0, 0.1) is 17.6 Å². The Balaban J connectivity index is 2.07. The molecule has 0 saturated heterocycles. The highest BCUT2D eigenvalue weighted by Gasteiger charge is 2.25. The van der Waals surface area contributed by atoms with Crippen LogP contribution in [0.2, 0.25) is 0 Å². The van der Waals surface area contributed by atoms with Gasteiger partial charge in [0.2, 0.25) is 15.9 Å². The third-order valence-electron chi connectivity index (χ3n) is 3.56. The van der Waals surface area contributed by atoms with E-state index >= 15 is 0 Å². The minimum absolute atomic E-state index is 0.363. The first kappa shape index (κ1) is 18.9. The molecule has 0 saturated carbocycles. The van der Waals surface area contributed by atoms with Crippen LogP contribution >= 0.6 is 0 Å². The highest BCUT2D eigenvalue weighted by Crippen LogP contribution is 2.19. The molecule has 1 atom stereocenters. The van der Waals surface area contributed by atoms with Crippen LogP contribution in [0.5, 0.6) is 0 Å².